The minimum absolute atomic E-state index is 0.279. The Labute approximate surface area is 111 Å². The van der Waals surface area contributed by atoms with E-state index in [9.17, 15) is 9.59 Å². The number of rotatable bonds is 4. The maximum absolute atomic E-state index is 11.5. The molecule has 18 heavy (non-hydrogen) atoms. The molecule has 0 spiro atoms. The molecule has 0 aliphatic carbocycles. The summed E-state index contributed by atoms with van der Waals surface area (Å²) in [6, 6.07) is 5.13. The van der Waals surface area contributed by atoms with Crippen LogP contribution < -0.4 is 5.32 Å². The van der Waals surface area contributed by atoms with Gasteiger partial charge in [0, 0.05) is 22.9 Å². The first-order valence-electron chi connectivity index (χ1n) is 5.45. The molecular weight excluding hydrogens is 254 g/mol. The maximum atomic E-state index is 11.5. The van der Waals surface area contributed by atoms with Gasteiger partial charge < -0.3 is 10.1 Å². The molecule has 0 fully saturated rings. The molecule has 0 heterocycles. The molecule has 0 saturated heterocycles. The maximum Gasteiger partial charge on any atom is 0.330 e. The molecule has 1 N–H and O–H groups in total. The Morgan fingerprint density at radius 3 is 2.72 bits per heavy atom. The summed E-state index contributed by atoms with van der Waals surface area (Å²) in [7, 11) is 0. The summed E-state index contributed by atoms with van der Waals surface area (Å²) < 4.78 is 4.65. The fraction of sp³-hybridized carbons (Fsp3) is 0.231. The molecule has 0 saturated carbocycles. The number of halogens is 1. The minimum Gasteiger partial charge on any atom is -0.463 e. The molecule has 5 heteroatoms. The molecule has 1 aromatic carbocycles. The Bertz CT molecular complexity index is 483. The van der Waals surface area contributed by atoms with Gasteiger partial charge in [-0.05, 0) is 37.6 Å². The molecule has 0 unspecified atom stereocenters. The van der Waals surface area contributed by atoms with Crippen LogP contribution in [0.2, 0.25) is 5.02 Å². The fourth-order valence-electron chi connectivity index (χ4n) is 1.24. The number of anilines is 1. The second-order valence-electron chi connectivity index (χ2n) is 3.54. The van der Waals surface area contributed by atoms with Gasteiger partial charge in [0.2, 0.25) is 5.91 Å². The second-order valence-corrected chi connectivity index (χ2v) is 3.95. The van der Waals surface area contributed by atoms with Gasteiger partial charge in [0.05, 0.1) is 6.61 Å². The monoisotopic (exact) mass is 267 g/mol. The molecule has 0 aliphatic rings. The second kappa shape index (κ2) is 6.81. The number of carbonyl (C=O) groups excluding carboxylic acids is 2. The zero-order chi connectivity index (χ0) is 13.5. The number of hydrogen-bond acceptors (Lipinski definition) is 3. The number of esters is 1. The van der Waals surface area contributed by atoms with Crippen molar-refractivity contribution in [2.45, 2.75) is 13.8 Å². The van der Waals surface area contributed by atoms with E-state index in [4.69, 9.17) is 11.6 Å². The smallest absolute Gasteiger partial charge is 0.330 e. The van der Waals surface area contributed by atoms with E-state index in [2.05, 4.69) is 10.1 Å². The molecule has 0 bridgehead atoms. The highest BCUT2D eigenvalue weighted by Crippen LogP contribution is 2.19. The van der Waals surface area contributed by atoms with Crippen molar-refractivity contribution in [2.75, 3.05) is 11.9 Å². The number of ether oxygens (including phenoxy) is 1. The molecule has 4 nitrogen and oxygen atoms in total. The molecular formula is C13H14ClNO3. The minimum atomic E-state index is -0.542. The third-order valence-corrected chi connectivity index (χ3v) is 2.51. The number of carbonyl (C=O) groups is 2. The molecule has 96 valence electrons. The van der Waals surface area contributed by atoms with Crippen molar-refractivity contribution < 1.29 is 14.3 Å². The van der Waals surface area contributed by atoms with Crippen molar-refractivity contribution >= 4 is 29.2 Å². The van der Waals surface area contributed by atoms with E-state index in [-0.39, 0.29) is 6.61 Å². The van der Waals surface area contributed by atoms with Crippen LogP contribution in [0.3, 0.4) is 0 Å². The lowest BCUT2D eigenvalue weighted by atomic mass is 10.2. The third kappa shape index (κ3) is 4.59. The number of amides is 1. The van der Waals surface area contributed by atoms with Crippen LogP contribution in [0.5, 0.6) is 0 Å². The average Bonchev–Trinajstić information content (AvgIpc) is 2.32. The van der Waals surface area contributed by atoms with Crippen molar-refractivity contribution in [1.82, 2.24) is 0 Å². The van der Waals surface area contributed by atoms with Gasteiger partial charge in [0.25, 0.3) is 0 Å². The van der Waals surface area contributed by atoms with Gasteiger partial charge in [-0.15, -0.1) is 0 Å². The largest absolute Gasteiger partial charge is 0.463 e. The lowest BCUT2D eigenvalue weighted by Gasteiger charge is -2.04. The zero-order valence-corrected chi connectivity index (χ0v) is 11.0. The summed E-state index contributed by atoms with van der Waals surface area (Å²) in [4.78, 5) is 22.5. The lowest BCUT2D eigenvalue weighted by Crippen LogP contribution is -2.09. The summed E-state index contributed by atoms with van der Waals surface area (Å²) in [5, 5.41) is 3.25. The third-order valence-electron chi connectivity index (χ3n) is 2.08. The Hall–Kier alpha value is -1.81. The Balaban J connectivity index is 2.59. The van der Waals surface area contributed by atoms with Crippen LogP contribution in [0.25, 0.3) is 0 Å². The molecule has 1 aromatic rings. The number of hydrogen-bond donors (Lipinski definition) is 1. The van der Waals surface area contributed by atoms with Gasteiger partial charge in [-0.1, -0.05) is 11.6 Å². The van der Waals surface area contributed by atoms with Crippen LogP contribution >= 0.6 is 11.6 Å². The standard InChI is InChI=1S/C13H14ClNO3/c1-3-18-13(17)7-6-12(16)15-10-4-5-11(14)9(2)8-10/h4-8H,3H2,1-2H3,(H,15,16)/b7-6+. The van der Waals surface area contributed by atoms with E-state index in [1.165, 1.54) is 0 Å². The Morgan fingerprint density at radius 2 is 2.11 bits per heavy atom. The fourth-order valence-corrected chi connectivity index (χ4v) is 1.36. The van der Waals surface area contributed by atoms with Crippen molar-refractivity contribution in [3.63, 3.8) is 0 Å². The highest BCUT2D eigenvalue weighted by molar-refractivity contribution is 6.31. The Morgan fingerprint density at radius 1 is 1.39 bits per heavy atom. The molecule has 0 aliphatic heterocycles. The molecule has 0 atom stereocenters. The first-order valence-corrected chi connectivity index (χ1v) is 5.82. The van der Waals surface area contributed by atoms with Crippen molar-refractivity contribution in [2.24, 2.45) is 0 Å². The molecule has 1 rings (SSSR count). The van der Waals surface area contributed by atoms with E-state index < -0.39 is 11.9 Å². The number of benzene rings is 1. The topological polar surface area (TPSA) is 55.4 Å². The molecule has 0 aromatic heterocycles. The van der Waals surface area contributed by atoms with Gasteiger partial charge in [-0.2, -0.15) is 0 Å². The summed E-state index contributed by atoms with van der Waals surface area (Å²) >= 11 is 5.87. The molecule has 1 amide bonds. The van der Waals surface area contributed by atoms with Crippen LogP contribution in [-0.4, -0.2) is 18.5 Å². The van der Waals surface area contributed by atoms with E-state index >= 15 is 0 Å². The van der Waals surface area contributed by atoms with E-state index in [1.54, 1.807) is 25.1 Å². The van der Waals surface area contributed by atoms with E-state index in [0.29, 0.717) is 10.7 Å². The first-order chi connectivity index (χ1) is 8.52. The quantitative estimate of drug-likeness (QED) is 0.674. The van der Waals surface area contributed by atoms with Gasteiger partial charge in [-0.25, -0.2) is 4.79 Å². The van der Waals surface area contributed by atoms with Gasteiger partial charge >= 0.3 is 5.97 Å². The predicted molar refractivity (Wildman–Crippen MR) is 70.6 cm³/mol. The van der Waals surface area contributed by atoms with E-state index in [0.717, 1.165) is 17.7 Å². The molecule has 0 radical (unpaired) electrons. The highest BCUT2D eigenvalue weighted by atomic mass is 35.5. The summed E-state index contributed by atoms with van der Waals surface area (Å²) in [6.45, 7) is 3.82. The zero-order valence-electron chi connectivity index (χ0n) is 10.2. The van der Waals surface area contributed by atoms with Crippen molar-refractivity contribution in [1.29, 1.82) is 0 Å². The van der Waals surface area contributed by atoms with Crippen molar-refractivity contribution in [3.05, 3.63) is 40.9 Å². The van der Waals surface area contributed by atoms with Crippen molar-refractivity contribution in [3.8, 4) is 0 Å². The highest BCUT2D eigenvalue weighted by Gasteiger charge is 2.02. The Kier molecular flexibility index (Phi) is 5.39. The summed E-state index contributed by atoms with van der Waals surface area (Å²) in [5.74, 6) is -0.940. The van der Waals surface area contributed by atoms with Crippen LogP contribution in [0, 0.1) is 6.92 Å². The van der Waals surface area contributed by atoms with E-state index in [1.807, 2.05) is 6.92 Å². The van der Waals surface area contributed by atoms with Crippen LogP contribution in [0.1, 0.15) is 12.5 Å². The SMILES string of the molecule is CCOC(=O)/C=C/C(=O)Nc1ccc(Cl)c(C)c1. The van der Waals surface area contributed by atoms with Gasteiger partial charge in [0.1, 0.15) is 0 Å². The van der Waals surface area contributed by atoms with Gasteiger partial charge in [0.15, 0.2) is 0 Å². The number of nitrogens with one attached hydrogen (secondary N) is 1. The first kappa shape index (κ1) is 14.3. The number of aryl methyl sites for hydroxylation is 1. The lowest BCUT2D eigenvalue weighted by molar-refractivity contribution is -0.137. The normalized spacial score (nSPS) is 10.4. The van der Waals surface area contributed by atoms with Gasteiger partial charge in [-0.3, -0.25) is 4.79 Å². The van der Waals surface area contributed by atoms with Crippen LogP contribution in [-0.2, 0) is 14.3 Å². The van der Waals surface area contributed by atoms with Crippen LogP contribution in [0.4, 0.5) is 5.69 Å². The average molecular weight is 268 g/mol. The van der Waals surface area contributed by atoms with Crippen LogP contribution in [0.15, 0.2) is 30.4 Å². The summed E-state index contributed by atoms with van der Waals surface area (Å²) in [6.07, 6.45) is 2.21. The predicted octanol–water partition coefficient (Wildman–Crippen LogP) is 2.71. The summed E-state index contributed by atoms with van der Waals surface area (Å²) in [5.41, 5.74) is 1.49.